The second-order valence-corrected chi connectivity index (χ2v) is 6.09. The van der Waals surface area contributed by atoms with Crippen LogP contribution in [0.3, 0.4) is 0 Å². The maximum atomic E-state index is 12.3. The van der Waals surface area contributed by atoms with E-state index in [0.717, 1.165) is 0 Å². The average Bonchev–Trinajstić information content (AvgIpc) is 2.37. The van der Waals surface area contributed by atoms with Gasteiger partial charge < -0.3 is 18.5 Å². The molecule has 0 saturated heterocycles. The van der Waals surface area contributed by atoms with Crippen LogP contribution in [0, 0.1) is 0 Å². The van der Waals surface area contributed by atoms with Crippen LogP contribution in [0.15, 0.2) is 0 Å². The highest BCUT2D eigenvalue weighted by atomic mass is 31.2. The van der Waals surface area contributed by atoms with Gasteiger partial charge in [0.05, 0.1) is 32.7 Å². The molecule has 0 fully saturated rings. The smallest absolute Gasteiger partial charge is 0.370 e. The zero-order valence-electron chi connectivity index (χ0n) is 12.4. The second kappa shape index (κ2) is 9.91. The lowest BCUT2D eigenvalue weighted by molar-refractivity contribution is -0.151. The number of hydrogen-bond donors (Lipinski definition) is 0. The van der Waals surface area contributed by atoms with Gasteiger partial charge in [0.15, 0.2) is 5.85 Å². The van der Waals surface area contributed by atoms with Crippen LogP contribution in [0.5, 0.6) is 0 Å². The fourth-order valence-corrected chi connectivity index (χ4v) is 2.82. The molecule has 0 aliphatic rings. The largest absolute Gasteiger partial charge is 0.466 e. The summed E-state index contributed by atoms with van der Waals surface area (Å²) in [5.41, 5.74) is 0. The third kappa shape index (κ3) is 7.03. The average molecular weight is 310 g/mol. The molecule has 0 aromatic carbocycles. The van der Waals surface area contributed by atoms with Gasteiger partial charge in [-0.25, -0.2) is 0 Å². The molecule has 0 spiro atoms. The summed E-state index contributed by atoms with van der Waals surface area (Å²) < 4.78 is 32.1. The fraction of sp³-hybridized carbons (Fsp3) is 0.833. The first-order valence-corrected chi connectivity index (χ1v) is 8.24. The van der Waals surface area contributed by atoms with Crippen molar-refractivity contribution in [3.8, 4) is 0 Å². The number of carbonyl (C=O) groups excluding carboxylic acids is 2. The first kappa shape index (κ1) is 19.1. The first-order chi connectivity index (χ1) is 9.39. The van der Waals surface area contributed by atoms with Gasteiger partial charge in [-0.1, -0.05) is 0 Å². The summed E-state index contributed by atoms with van der Waals surface area (Å²) in [6.07, 6.45) is -0.214. The van der Waals surface area contributed by atoms with E-state index in [-0.39, 0.29) is 32.7 Å². The van der Waals surface area contributed by atoms with Crippen LogP contribution in [0.25, 0.3) is 0 Å². The minimum atomic E-state index is -3.48. The molecule has 0 rings (SSSR count). The van der Waals surface area contributed by atoms with E-state index in [1.54, 1.807) is 20.8 Å². The minimum absolute atomic E-state index is 0.0764. The molecule has 0 aliphatic heterocycles. The van der Waals surface area contributed by atoms with Gasteiger partial charge >= 0.3 is 19.5 Å². The van der Waals surface area contributed by atoms with Gasteiger partial charge in [0, 0.05) is 0 Å². The third-order valence-corrected chi connectivity index (χ3v) is 4.44. The Morgan fingerprint density at radius 3 is 1.90 bits per heavy atom. The first-order valence-electron chi connectivity index (χ1n) is 6.63. The normalized spacial score (nSPS) is 12.8. The molecule has 0 aliphatic carbocycles. The molecule has 0 amide bonds. The summed E-state index contributed by atoms with van der Waals surface area (Å²) in [7, 11) is -3.48. The molecule has 7 nitrogen and oxygen atoms in total. The molecule has 0 aromatic rings. The van der Waals surface area contributed by atoms with E-state index >= 15 is 0 Å². The van der Waals surface area contributed by atoms with Crippen molar-refractivity contribution in [2.75, 3.05) is 19.8 Å². The standard InChI is InChI=1S/C12H23O7P/c1-5-16-11(13)8-9-12(14)19-10(4)20(15,17-6-2)18-7-3/h10H,5-9H2,1-4H3. The van der Waals surface area contributed by atoms with E-state index in [4.69, 9.17) is 18.5 Å². The van der Waals surface area contributed by atoms with E-state index in [1.165, 1.54) is 6.92 Å². The summed E-state index contributed by atoms with van der Waals surface area (Å²) in [6, 6.07) is 0. The molecule has 1 atom stereocenters. The van der Waals surface area contributed by atoms with Crippen LogP contribution in [0.2, 0.25) is 0 Å². The maximum absolute atomic E-state index is 12.3. The maximum Gasteiger partial charge on any atom is 0.370 e. The fourth-order valence-electron chi connectivity index (χ4n) is 1.36. The Bertz CT molecular complexity index is 346. The van der Waals surface area contributed by atoms with Crippen LogP contribution < -0.4 is 0 Å². The van der Waals surface area contributed by atoms with Crippen LogP contribution in [-0.4, -0.2) is 37.6 Å². The lowest BCUT2D eigenvalue weighted by atomic mass is 10.3. The predicted octanol–water partition coefficient (Wildman–Crippen LogP) is 2.49. The molecule has 0 bridgehead atoms. The zero-order valence-corrected chi connectivity index (χ0v) is 13.3. The van der Waals surface area contributed by atoms with Crippen molar-refractivity contribution in [3.63, 3.8) is 0 Å². The molecule has 0 radical (unpaired) electrons. The van der Waals surface area contributed by atoms with Gasteiger partial charge in [0.25, 0.3) is 0 Å². The van der Waals surface area contributed by atoms with Gasteiger partial charge in [-0.05, 0) is 27.7 Å². The molecule has 20 heavy (non-hydrogen) atoms. The van der Waals surface area contributed by atoms with Crippen LogP contribution >= 0.6 is 7.60 Å². The summed E-state index contributed by atoms with van der Waals surface area (Å²) in [5.74, 6) is -2.14. The molecule has 8 heteroatoms. The summed E-state index contributed by atoms with van der Waals surface area (Å²) in [5, 5.41) is 0. The highest BCUT2D eigenvalue weighted by Crippen LogP contribution is 2.53. The van der Waals surface area contributed by atoms with Gasteiger partial charge in [0.1, 0.15) is 0 Å². The van der Waals surface area contributed by atoms with E-state index in [1.807, 2.05) is 0 Å². The third-order valence-electron chi connectivity index (χ3n) is 2.20. The number of carbonyl (C=O) groups is 2. The SMILES string of the molecule is CCOC(=O)CCC(=O)OC(C)P(=O)(OCC)OCC. The lowest BCUT2D eigenvalue weighted by Crippen LogP contribution is -2.19. The van der Waals surface area contributed by atoms with Crippen LogP contribution in [-0.2, 0) is 32.7 Å². The molecule has 0 aromatic heterocycles. The Kier molecular flexibility index (Phi) is 9.46. The van der Waals surface area contributed by atoms with Crippen molar-refractivity contribution >= 4 is 19.5 Å². The number of rotatable bonds is 10. The second-order valence-electron chi connectivity index (χ2n) is 3.77. The lowest BCUT2D eigenvalue weighted by Gasteiger charge is -2.23. The Morgan fingerprint density at radius 2 is 1.45 bits per heavy atom. The Hall–Kier alpha value is -0.910. The molecular formula is C12H23O7P. The molecule has 0 saturated carbocycles. The van der Waals surface area contributed by atoms with E-state index in [0.29, 0.717) is 0 Å². The van der Waals surface area contributed by atoms with E-state index < -0.39 is 25.4 Å². The summed E-state index contributed by atoms with van der Waals surface area (Å²) in [4.78, 5) is 22.7. The quantitative estimate of drug-likeness (QED) is 0.452. The van der Waals surface area contributed by atoms with Gasteiger partial charge in [-0.15, -0.1) is 0 Å². The molecular weight excluding hydrogens is 287 g/mol. The Labute approximate surface area is 119 Å². The topological polar surface area (TPSA) is 88.1 Å². The van der Waals surface area contributed by atoms with Crippen molar-refractivity contribution in [1.29, 1.82) is 0 Å². The van der Waals surface area contributed by atoms with Gasteiger partial charge in [-0.3, -0.25) is 14.2 Å². The summed E-state index contributed by atoms with van der Waals surface area (Å²) in [6.45, 7) is 7.08. The van der Waals surface area contributed by atoms with E-state index in [9.17, 15) is 14.2 Å². The van der Waals surface area contributed by atoms with Crippen molar-refractivity contribution in [1.82, 2.24) is 0 Å². The molecule has 0 N–H and O–H groups in total. The number of hydrogen-bond acceptors (Lipinski definition) is 7. The van der Waals surface area contributed by atoms with Crippen molar-refractivity contribution in [2.24, 2.45) is 0 Å². The highest BCUT2D eigenvalue weighted by molar-refractivity contribution is 7.54. The van der Waals surface area contributed by atoms with Crippen molar-refractivity contribution in [3.05, 3.63) is 0 Å². The Morgan fingerprint density at radius 1 is 0.950 bits per heavy atom. The summed E-state index contributed by atoms with van der Waals surface area (Å²) >= 11 is 0. The zero-order chi connectivity index (χ0) is 15.6. The number of esters is 2. The van der Waals surface area contributed by atoms with Crippen molar-refractivity contribution < 1.29 is 32.7 Å². The monoisotopic (exact) mass is 310 g/mol. The Balaban J connectivity index is 4.34. The highest BCUT2D eigenvalue weighted by Gasteiger charge is 2.35. The molecule has 0 heterocycles. The predicted molar refractivity (Wildman–Crippen MR) is 72.3 cm³/mol. The molecule has 1 unspecified atom stereocenters. The minimum Gasteiger partial charge on any atom is -0.466 e. The van der Waals surface area contributed by atoms with Gasteiger partial charge in [-0.2, -0.15) is 0 Å². The number of ether oxygens (including phenoxy) is 2. The van der Waals surface area contributed by atoms with Crippen LogP contribution in [0.4, 0.5) is 0 Å². The van der Waals surface area contributed by atoms with Crippen LogP contribution in [0.1, 0.15) is 40.5 Å². The van der Waals surface area contributed by atoms with Crippen molar-refractivity contribution in [2.45, 2.75) is 46.4 Å². The van der Waals surface area contributed by atoms with Gasteiger partial charge in [0.2, 0.25) is 0 Å². The van der Waals surface area contributed by atoms with E-state index in [2.05, 4.69) is 0 Å². The molecule has 118 valence electrons.